The van der Waals surface area contributed by atoms with Crippen molar-refractivity contribution in [2.75, 3.05) is 26.3 Å². The van der Waals surface area contributed by atoms with Crippen LogP contribution in [0.15, 0.2) is 60.8 Å². The van der Waals surface area contributed by atoms with Gasteiger partial charge >= 0.3 is 0 Å². The topological polar surface area (TPSA) is 71.9 Å². The average Bonchev–Trinajstić information content (AvgIpc) is 3.21. The predicted molar refractivity (Wildman–Crippen MR) is 126 cm³/mol. The van der Waals surface area contributed by atoms with E-state index in [9.17, 15) is 14.4 Å². The van der Waals surface area contributed by atoms with E-state index < -0.39 is 11.7 Å². The molecular formula is C26H29N3O4. The maximum Gasteiger partial charge on any atom is 0.295 e. The Morgan fingerprint density at radius 3 is 2.33 bits per heavy atom. The number of carbonyl (C=O) groups is 3. The van der Waals surface area contributed by atoms with Gasteiger partial charge in [-0.25, -0.2) is 0 Å². The SMILES string of the molecule is CC(C)N(Cc1ccccc1)C(=O)C(=O)c1cn(CC(=O)N2CCOCC2)c2ccccc12. The molecule has 2 aromatic carbocycles. The monoisotopic (exact) mass is 447 g/mol. The Morgan fingerprint density at radius 2 is 1.64 bits per heavy atom. The zero-order valence-corrected chi connectivity index (χ0v) is 19.1. The largest absolute Gasteiger partial charge is 0.378 e. The first-order chi connectivity index (χ1) is 16.0. The fourth-order valence-corrected chi connectivity index (χ4v) is 4.13. The fourth-order valence-electron chi connectivity index (χ4n) is 4.13. The molecule has 172 valence electrons. The third-order valence-electron chi connectivity index (χ3n) is 5.98. The summed E-state index contributed by atoms with van der Waals surface area (Å²) in [5.41, 5.74) is 2.05. The van der Waals surface area contributed by atoms with Gasteiger partial charge in [0, 0.05) is 42.8 Å². The average molecular weight is 448 g/mol. The van der Waals surface area contributed by atoms with Crippen LogP contribution in [0, 0.1) is 0 Å². The van der Waals surface area contributed by atoms with Crippen molar-refractivity contribution in [3.63, 3.8) is 0 Å². The number of carbonyl (C=O) groups excluding carboxylic acids is 3. The number of rotatable bonds is 7. The van der Waals surface area contributed by atoms with Crippen molar-refractivity contribution in [1.82, 2.24) is 14.4 Å². The molecular weight excluding hydrogens is 418 g/mol. The summed E-state index contributed by atoms with van der Waals surface area (Å²) in [6.07, 6.45) is 1.64. The summed E-state index contributed by atoms with van der Waals surface area (Å²) in [6.45, 7) is 6.45. The fraction of sp³-hybridized carbons (Fsp3) is 0.346. The molecule has 7 heteroatoms. The van der Waals surface area contributed by atoms with Gasteiger partial charge in [0.1, 0.15) is 6.54 Å². The number of ketones is 1. The quantitative estimate of drug-likeness (QED) is 0.412. The number of para-hydroxylation sites is 1. The first-order valence-corrected chi connectivity index (χ1v) is 11.3. The summed E-state index contributed by atoms with van der Waals surface area (Å²) in [5, 5.41) is 0.675. The molecule has 2 heterocycles. The molecule has 2 amide bonds. The van der Waals surface area contributed by atoms with Gasteiger partial charge in [-0.15, -0.1) is 0 Å². The second-order valence-corrected chi connectivity index (χ2v) is 8.52. The highest BCUT2D eigenvalue weighted by Crippen LogP contribution is 2.23. The molecule has 7 nitrogen and oxygen atoms in total. The van der Waals surface area contributed by atoms with Gasteiger partial charge in [-0.3, -0.25) is 14.4 Å². The van der Waals surface area contributed by atoms with Gasteiger partial charge in [-0.1, -0.05) is 48.5 Å². The van der Waals surface area contributed by atoms with E-state index in [1.165, 1.54) is 0 Å². The molecule has 1 saturated heterocycles. The van der Waals surface area contributed by atoms with Crippen molar-refractivity contribution < 1.29 is 19.1 Å². The molecule has 3 aromatic rings. The Morgan fingerprint density at radius 1 is 0.970 bits per heavy atom. The second-order valence-electron chi connectivity index (χ2n) is 8.52. The number of Topliss-reactive ketones (excluding diaryl/α,β-unsaturated/α-hetero) is 1. The number of morpholine rings is 1. The molecule has 1 fully saturated rings. The normalized spacial score (nSPS) is 14.0. The van der Waals surface area contributed by atoms with Crippen LogP contribution in [0.4, 0.5) is 0 Å². The number of aromatic nitrogens is 1. The number of nitrogens with zero attached hydrogens (tertiary/aromatic N) is 3. The minimum atomic E-state index is -0.562. The van der Waals surface area contributed by atoms with Crippen LogP contribution in [0.2, 0.25) is 0 Å². The van der Waals surface area contributed by atoms with Crippen LogP contribution in [0.1, 0.15) is 29.8 Å². The second kappa shape index (κ2) is 10.0. The Bertz CT molecular complexity index is 1150. The van der Waals surface area contributed by atoms with Gasteiger partial charge in [0.25, 0.3) is 11.7 Å². The lowest BCUT2D eigenvalue weighted by Gasteiger charge is -2.27. The van der Waals surface area contributed by atoms with Crippen molar-refractivity contribution in [2.24, 2.45) is 0 Å². The molecule has 1 aromatic heterocycles. The van der Waals surface area contributed by atoms with Crippen LogP contribution in [0.5, 0.6) is 0 Å². The summed E-state index contributed by atoms with van der Waals surface area (Å²) < 4.78 is 7.10. The van der Waals surface area contributed by atoms with E-state index in [-0.39, 0.29) is 18.5 Å². The minimum Gasteiger partial charge on any atom is -0.378 e. The van der Waals surface area contributed by atoms with E-state index in [2.05, 4.69) is 0 Å². The summed E-state index contributed by atoms with van der Waals surface area (Å²) >= 11 is 0. The van der Waals surface area contributed by atoms with Gasteiger partial charge in [0.15, 0.2) is 0 Å². The van der Waals surface area contributed by atoms with Crippen LogP contribution >= 0.6 is 0 Å². The molecule has 0 unspecified atom stereocenters. The molecule has 1 aliphatic rings. The van der Waals surface area contributed by atoms with E-state index in [0.717, 1.165) is 11.1 Å². The summed E-state index contributed by atoms with van der Waals surface area (Å²) in [4.78, 5) is 42.8. The number of benzene rings is 2. The van der Waals surface area contributed by atoms with Gasteiger partial charge in [0.2, 0.25) is 5.91 Å². The first-order valence-electron chi connectivity index (χ1n) is 11.3. The molecule has 0 spiro atoms. The first kappa shape index (κ1) is 22.7. The third kappa shape index (κ3) is 4.98. The Kier molecular flexibility index (Phi) is 6.89. The Hall–Kier alpha value is -3.45. The predicted octanol–water partition coefficient (Wildman–Crippen LogP) is 3.12. The molecule has 0 bridgehead atoms. The van der Waals surface area contributed by atoms with Crippen molar-refractivity contribution in [3.8, 4) is 0 Å². The van der Waals surface area contributed by atoms with Crippen molar-refractivity contribution in [2.45, 2.75) is 33.0 Å². The highest BCUT2D eigenvalue weighted by Gasteiger charge is 2.28. The lowest BCUT2D eigenvalue weighted by molar-refractivity contribution is -0.135. The number of ether oxygens (including phenoxy) is 1. The third-order valence-corrected chi connectivity index (χ3v) is 5.98. The van der Waals surface area contributed by atoms with Crippen molar-refractivity contribution in [1.29, 1.82) is 0 Å². The molecule has 0 atom stereocenters. The van der Waals surface area contributed by atoms with E-state index in [1.807, 2.05) is 68.4 Å². The van der Waals surface area contributed by atoms with Crippen LogP contribution in [0.25, 0.3) is 10.9 Å². The number of hydrogen-bond donors (Lipinski definition) is 0. The maximum atomic E-state index is 13.4. The smallest absolute Gasteiger partial charge is 0.295 e. The molecule has 4 rings (SSSR count). The van der Waals surface area contributed by atoms with Gasteiger partial charge in [-0.2, -0.15) is 0 Å². The van der Waals surface area contributed by atoms with Crippen LogP contribution in [-0.4, -0.2) is 64.3 Å². The van der Waals surface area contributed by atoms with Crippen LogP contribution < -0.4 is 0 Å². The molecule has 1 aliphatic heterocycles. The molecule has 0 N–H and O–H groups in total. The summed E-state index contributed by atoms with van der Waals surface area (Å²) in [7, 11) is 0. The summed E-state index contributed by atoms with van der Waals surface area (Å²) in [5.74, 6) is -1.14. The van der Waals surface area contributed by atoms with Gasteiger partial charge in [0.05, 0.1) is 18.8 Å². The van der Waals surface area contributed by atoms with E-state index >= 15 is 0 Å². The van der Waals surface area contributed by atoms with Gasteiger partial charge < -0.3 is 19.1 Å². The lowest BCUT2D eigenvalue weighted by Crippen LogP contribution is -2.42. The molecule has 0 radical (unpaired) electrons. The van der Waals surface area contributed by atoms with E-state index in [0.29, 0.717) is 43.8 Å². The zero-order chi connectivity index (χ0) is 23.4. The van der Waals surface area contributed by atoms with Crippen molar-refractivity contribution >= 4 is 28.5 Å². The Labute approximate surface area is 193 Å². The van der Waals surface area contributed by atoms with Crippen molar-refractivity contribution in [3.05, 3.63) is 71.9 Å². The highest BCUT2D eigenvalue weighted by atomic mass is 16.5. The van der Waals surface area contributed by atoms with Crippen LogP contribution in [-0.2, 0) is 27.4 Å². The maximum absolute atomic E-state index is 13.4. The number of fused-ring (bicyclic) bond motifs is 1. The summed E-state index contributed by atoms with van der Waals surface area (Å²) in [6, 6.07) is 16.9. The molecule has 33 heavy (non-hydrogen) atoms. The van der Waals surface area contributed by atoms with E-state index in [4.69, 9.17) is 4.74 Å². The molecule has 0 saturated carbocycles. The Balaban J connectivity index is 1.61. The standard InChI is InChI=1S/C26H29N3O4/c1-19(2)29(16-20-8-4-3-5-9-20)26(32)25(31)22-17-28(23-11-7-6-10-21(22)23)18-24(30)27-12-14-33-15-13-27/h3-11,17,19H,12-16,18H2,1-2H3. The van der Waals surface area contributed by atoms with Crippen LogP contribution in [0.3, 0.4) is 0 Å². The van der Waals surface area contributed by atoms with Gasteiger partial charge in [-0.05, 0) is 25.5 Å². The zero-order valence-electron chi connectivity index (χ0n) is 19.1. The lowest BCUT2D eigenvalue weighted by atomic mass is 10.1. The number of hydrogen-bond acceptors (Lipinski definition) is 4. The molecule has 0 aliphatic carbocycles. The number of amides is 2. The minimum absolute atomic E-state index is 0.0303. The highest BCUT2D eigenvalue weighted by molar-refractivity contribution is 6.44. The van der Waals surface area contributed by atoms with E-state index in [1.54, 1.807) is 20.6 Å².